The van der Waals surface area contributed by atoms with Crippen LogP contribution < -0.4 is 9.47 Å². The quantitative estimate of drug-likeness (QED) is 0.424. The molecule has 0 saturated carbocycles. The summed E-state index contributed by atoms with van der Waals surface area (Å²) in [6.45, 7) is 0. The molecule has 0 N–H and O–H groups in total. The normalized spacial score (nSPS) is 10.8. The van der Waals surface area contributed by atoms with Crippen LogP contribution in [0.15, 0.2) is 66.7 Å². The summed E-state index contributed by atoms with van der Waals surface area (Å²) in [5, 5.41) is 0. The number of methoxy groups -OCH3 is 2. The number of carbonyl (C=O) groups is 1. The third-order valence-corrected chi connectivity index (χ3v) is 5.07. The molecule has 0 fully saturated rings. The van der Waals surface area contributed by atoms with Crippen molar-refractivity contribution in [1.29, 1.82) is 0 Å². The van der Waals surface area contributed by atoms with Crippen LogP contribution in [-0.4, -0.2) is 20.0 Å². The van der Waals surface area contributed by atoms with Gasteiger partial charge >= 0.3 is 0 Å². The molecule has 4 heteroatoms. The fourth-order valence-electron chi connectivity index (χ4n) is 2.69. The van der Waals surface area contributed by atoms with Crippen molar-refractivity contribution in [2.75, 3.05) is 14.2 Å². The van der Waals surface area contributed by atoms with E-state index in [1.807, 2.05) is 48.5 Å². The standard InChI is InChI=1S/C22H20O3S/c1-24-20-10-6-9-17(22(20)25-2)11-13-19(23)21-14-12-18(26-21)15-16-7-4-3-5-8-16/h3-14H,15H2,1-2H3/b13-11+. The van der Waals surface area contributed by atoms with E-state index in [1.54, 1.807) is 26.4 Å². The summed E-state index contributed by atoms with van der Waals surface area (Å²) in [5.74, 6) is 1.25. The number of hydrogen-bond acceptors (Lipinski definition) is 4. The molecule has 0 unspecified atom stereocenters. The van der Waals surface area contributed by atoms with Crippen LogP contribution in [0, 0.1) is 0 Å². The first kappa shape index (κ1) is 18.0. The van der Waals surface area contributed by atoms with Gasteiger partial charge in [-0.15, -0.1) is 11.3 Å². The van der Waals surface area contributed by atoms with E-state index in [0.29, 0.717) is 11.5 Å². The second kappa shape index (κ2) is 8.50. The van der Waals surface area contributed by atoms with Crippen LogP contribution >= 0.6 is 11.3 Å². The van der Waals surface area contributed by atoms with E-state index >= 15 is 0 Å². The van der Waals surface area contributed by atoms with E-state index in [0.717, 1.165) is 16.9 Å². The van der Waals surface area contributed by atoms with Gasteiger partial charge in [-0.3, -0.25) is 4.79 Å². The van der Waals surface area contributed by atoms with Crippen molar-refractivity contribution in [1.82, 2.24) is 0 Å². The summed E-state index contributed by atoms with van der Waals surface area (Å²) >= 11 is 1.53. The molecule has 2 aromatic carbocycles. The van der Waals surface area contributed by atoms with Crippen LogP contribution in [0.2, 0.25) is 0 Å². The van der Waals surface area contributed by atoms with E-state index in [4.69, 9.17) is 9.47 Å². The second-order valence-corrected chi connectivity index (χ2v) is 6.88. The van der Waals surface area contributed by atoms with Gasteiger partial charge in [0.15, 0.2) is 17.3 Å². The lowest BCUT2D eigenvalue weighted by Gasteiger charge is -2.09. The molecule has 26 heavy (non-hydrogen) atoms. The maximum atomic E-state index is 12.5. The number of thiophene rings is 1. The smallest absolute Gasteiger partial charge is 0.195 e. The second-order valence-electron chi connectivity index (χ2n) is 5.71. The lowest BCUT2D eigenvalue weighted by molar-refractivity contribution is 0.105. The molecular formula is C22H20O3S. The number of carbonyl (C=O) groups excluding carboxylic acids is 1. The first-order chi connectivity index (χ1) is 12.7. The van der Waals surface area contributed by atoms with Crippen molar-refractivity contribution >= 4 is 23.2 Å². The fraction of sp³-hybridized carbons (Fsp3) is 0.136. The topological polar surface area (TPSA) is 35.5 Å². The number of hydrogen-bond donors (Lipinski definition) is 0. The van der Waals surface area contributed by atoms with E-state index in [2.05, 4.69) is 12.1 Å². The highest BCUT2D eigenvalue weighted by Crippen LogP contribution is 2.31. The number of rotatable bonds is 7. The van der Waals surface area contributed by atoms with Gasteiger partial charge < -0.3 is 9.47 Å². The molecule has 132 valence electrons. The van der Waals surface area contributed by atoms with Crippen molar-refractivity contribution in [3.05, 3.63) is 87.6 Å². The molecule has 0 saturated heterocycles. The van der Waals surface area contributed by atoms with Crippen LogP contribution in [0.1, 0.15) is 25.7 Å². The predicted molar refractivity (Wildman–Crippen MR) is 106 cm³/mol. The largest absolute Gasteiger partial charge is 0.493 e. The Morgan fingerprint density at radius 2 is 1.77 bits per heavy atom. The highest BCUT2D eigenvalue weighted by molar-refractivity contribution is 7.14. The van der Waals surface area contributed by atoms with Crippen LogP contribution in [-0.2, 0) is 6.42 Å². The van der Waals surface area contributed by atoms with E-state index in [9.17, 15) is 4.79 Å². The molecule has 0 aliphatic carbocycles. The lowest BCUT2D eigenvalue weighted by atomic mass is 10.1. The minimum Gasteiger partial charge on any atom is -0.493 e. The molecular weight excluding hydrogens is 344 g/mol. The molecule has 0 atom stereocenters. The third kappa shape index (κ3) is 4.21. The van der Waals surface area contributed by atoms with Crippen LogP contribution in [0.5, 0.6) is 11.5 Å². The minimum absolute atomic E-state index is 0.0146. The average Bonchev–Trinajstić information content (AvgIpc) is 3.15. The Balaban J connectivity index is 1.74. The van der Waals surface area contributed by atoms with E-state index < -0.39 is 0 Å². The van der Waals surface area contributed by atoms with Gasteiger partial charge in [0.25, 0.3) is 0 Å². The summed E-state index contributed by atoms with van der Waals surface area (Å²) in [7, 11) is 3.18. The average molecular weight is 364 g/mol. The number of para-hydroxylation sites is 1. The van der Waals surface area contributed by atoms with Crippen molar-refractivity contribution in [3.8, 4) is 11.5 Å². The van der Waals surface area contributed by atoms with Gasteiger partial charge in [0.05, 0.1) is 19.1 Å². The molecule has 0 radical (unpaired) electrons. The Bertz CT molecular complexity index is 910. The van der Waals surface area contributed by atoms with Gasteiger partial charge in [0.2, 0.25) is 0 Å². The van der Waals surface area contributed by atoms with Gasteiger partial charge in [-0.05, 0) is 35.9 Å². The molecule has 0 spiro atoms. The summed E-state index contributed by atoms with van der Waals surface area (Å²) < 4.78 is 10.7. The van der Waals surface area contributed by atoms with Gasteiger partial charge in [0, 0.05) is 16.9 Å². The molecule has 0 amide bonds. The Morgan fingerprint density at radius 3 is 2.50 bits per heavy atom. The fourth-order valence-corrected chi connectivity index (χ4v) is 3.66. The van der Waals surface area contributed by atoms with E-state index in [-0.39, 0.29) is 5.78 Å². The molecule has 1 heterocycles. The molecule has 3 aromatic rings. The number of ketones is 1. The Labute approximate surface area is 157 Å². The van der Waals surface area contributed by atoms with Crippen molar-refractivity contribution in [2.24, 2.45) is 0 Å². The van der Waals surface area contributed by atoms with Crippen molar-refractivity contribution in [2.45, 2.75) is 6.42 Å². The number of ether oxygens (including phenoxy) is 2. The Hall–Kier alpha value is -2.85. The van der Waals surface area contributed by atoms with E-state index in [1.165, 1.54) is 21.8 Å². The van der Waals surface area contributed by atoms with Gasteiger partial charge in [-0.2, -0.15) is 0 Å². The molecule has 0 aliphatic heterocycles. The summed E-state index contributed by atoms with van der Waals surface area (Å²) in [5.41, 5.74) is 2.05. The third-order valence-electron chi connectivity index (χ3n) is 3.97. The monoisotopic (exact) mass is 364 g/mol. The zero-order valence-corrected chi connectivity index (χ0v) is 15.6. The summed E-state index contributed by atoms with van der Waals surface area (Å²) in [6, 6.07) is 19.7. The first-order valence-electron chi connectivity index (χ1n) is 8.27. The Kier molecular flexibility index (Phi) is 5.87. The zero-order valence-electron chi connectivity index (χ0n) is 14.8. The molecule has 3 nitrogen and oxygen atoms in total. The highest BCUT2D eigenvalue weighted by atomic mass is 32.1. The SMILES string of the molecule is COc1cccc(/C=C/C(=O)c2ccc(Cc3ccccc3)s2)c1OC. The predicted octanol–water partition coefficient (Wildman–Crippen LogP) is 5.25. The molecule has 3 rings (SSSR count). The van der Waals surface area contributed by atoms with Crippen molar-refractivity contribution < 1.29 is 14.3 Å². The molecule has 1 aromatic heterocycles. The highest BCUT2D eigenvalue weighted by Gasteiger charge is 2.10. The zero-order chi connectivity index (χ0) is 18.4. The Morgan fingerprint density at radius 1 is 0.962 bits per heavy atom. The molecule has 0 aliphatic rings. The van der Waals surface area contributed by atoms with Gasteiger partial charge in [-0.25, -0.2) is 0 Å². The maximum Gasteiger partial charge on any atom is 0.195 e. The maximum absolute atomic E-state index is 12.5. The van der Waals surface area contributed by atoms with Gasteiger partial charge in [0.1, 0.15) is 0 Å². The summed E-state index contributed by atoms with van der Waals surface area (Å²) in [6.07, 6.45) is 4.18. The van der Waals surface area contributed by atoms with Gasteiger partial charge in [-0.1, -0.05) is 42.5 Å². The minimum atomic E-state index is -0.0146. The number of benzene rings is 2. The molecule has 0 bridgehead atoms. The number of allylic oxidation sites excluding steroid dienone is 1. The van der Waals surface area contributed by atoms with Crippen molar-refractivity contribution in [3.63, 3.8) is 0 Å². The van der Waals surface area contributed by atoms with Crippen LogP contribution in [0.4, 0.5) is 0 Å². The first-order valence-corrected chi connectivity index (χ1v) is 9.09. The van der Waals surface area contributed by atoms with Crippen LogP contribution in [0.25, 0.3) is 6.08 Å². The summed E-state index contributed by atoms with van der Waals surface area (Å²) in [4.78, 5) is 14.4. The lowest BCUT2D eigenvalue weighted by Crippen LogP contribution is -1.93. The van der Waals surface area contributed by atoms with Crippen LogP contribution in [0.3, 0.4) is 0 Å².